The number of halogens is 2. The van der Waals surface area contributed by atoms with Crippen molar-refractivity contribution in [1.82, 2.24) is 0 Å². The molecule has 0 aromatic heterocycles. The lowest BCUT2D eigenvalue weighted by molar-refractivity contribution is 0.615. The molecule has 0 fully saturated rings. The Labute approximate surface area is 118 Å². The van der Waals surface area contributed by atoms with E-state index in [1.54, 1.807) is 24.3 Å². The van der Waals surface area contributed by atoms with E-state index in [1.165, 1.54) is 12.1 Å². The van der Waals surface area contributed by atoms with Crippen molar-refractivity contribution in [2.45, 2.75) is 17.6 Å². The lowest BCUT2D eigenvalue weighted by atomic mass is 10.2. The van der Waals surface area contributed by atoms with Crippen LogP contribution in [0.25, 0.3) is 0 Å². The Kier molecular flexibility index (Phi) is 4.22. The van der Waals surface area contributed by atoms with Crippen molar-refractivity contribution in [1.29, 1.82) is 0 Å². The zero-order valence-electron chi connectivity index (χ0n) is 10.3. The van der Waals surface area contributed by atoms with Crippen LogP contribution in [0.5, 0.6) is 0 Å². The quantitative estimate of drug-likeness (QED) is 0.878. The van der Waals surface area contributed by atoms with Crippen LogP contribution in [0.1, 0.15) is 11.1 Å². The molecule has 0 aliphatic heterocycles. The maximum atomic E-state index is 13.6. The van der Waals surface area contributed by atoms with Crippen LogP contribution >= 0.6 is 11.6 Å². The van der Waals surface area contributed by atoms with E-state index in [2.05, 4.69) is 0 Å². The van der Waals surface area contributed by atoms with Gasteiger partial charge in [-0.05, 0) is 42.8 Å². The molecule has 2 aromatic carbocycles. The fraction of sp³-hybridized carbons (Fsp3) is 0.143. The van der Waals surface area contributed by atoms with Crippen molar-refractivity contribution in [3.8, 4) is 0 Å². The molecule has 2 nitrogen and oxygen atoms in total. The summed E-state index contributed by atoms with van der Waals surface area (Å²) in [6.45, 7) is 1.84. The summed E-state index contributed by atoms with van der Waals surface area (Å²) in [6, 6.07) is 9.56. The molecule has 2 aromatic rings. The average molecular weight is 298 g/mol. The molecule has 0 saturated carbocycles. The SMILES string of the molecule is Cc1cc(S(=O)Cc2c(F)cccc2Cl)ccc1N. The molecule has 0 radical (unpaired) electrons. The number of nitrogen functional groups attached to an aromatic ring is 1. The Balaban J connectivity index is 2.28. The minimum absolute atomic E-state index is 0.0505. The van der Waals surface area contributed by atoms with Crippen LogP contribution in [0.4, 0.5) is 10.1 Å². The molecule has 0 spiro atoms. The Morgan fingerprint density at radius 3 is 2.68 bits per heavy atom. The normalized spacial score (nSPS) is 12.4. The van der Waals surface area contributed by atoms with Crippen LogP contribution in [-0.4, -0.2) is 4.21 Å². The topological polar surface area (TPSA) is 43.1 Å². The Bertz CT molecular complexity index is 625. The molecule has 2 N–H and O–H groups in total. The third-order valence-corrected chi connectivity index (χ3v) is 4.53. The zero-order chi connectivity index (χ0) is 14.0. The minimum atomic E-state index is -1.35. The van der Waals surface area contributed by atoms with E-state index in [0.717, 1.165) is 5.56 Å². The van der Waals surface area contributed by atoms with Crippen molar-refractivity contribution in [3.63, 3.8) is 0 Å². The first-order chi connectivity index (χ1) is 8.99. The molecular formula is C14H13ClFNOS. The Morgan fingerprint density at radius 1 is 1.32 bits per heavy atom. The predicted octanol–water partition coefficient (Wildman–Crippen LogP) is 3.68. The number of hydrogen-bond acceptors (Lipinski definition) is 2. The van der Waals surface area contributed by atoms with Crippen molar-refractivity contribution in [2.75, 3.05) is 5.73 Å². The Morgan fingerprint density at radius 2 is 2.05 bits per heavy atom. The molecule has 0 heterocycles. The number of benzene rings is 2. The molecule has 5 heteroatoms. The van der Waals surface area contributed by atoms with Gasteiger partial charge in [0.25, 0.3) is 0 Å². The molecule has 1 atom stereocenters. The summed E-state index contributed by atoms with van der Waals surface area (Å²) < 4.78 is 25.9. The number of rotatable bonds is 3. The lowest BCUT2D eigenvalue weighted by Gasteiger charge is -2.08. The van der Waals surface area contributed by atoms with Crippen LogP contribution < -0.4 is 5.73 Å². The van der Waals surface area contributed by atoms with Gasteiger partial charge in [-0.2, -0.15) is 0 Å². The summed E-state index contributed by atoms with van der Waals surface area (Å²) in [5.74, 6) is -0.387. The molecule has 100 valence electrons. The predicted molar refractivity (Wildman–Crippen MR) is 77.1 cm³/mol. The molecule has 0 amide bonds. The third kappa shape index (κ3) is 3.14. The van der Waals surface area contributed by atoms with Gasteiger partial charge in [-0.15, -0.1) is 0 Å². The van der Waals surface area contributed by atoms with E-state index in [0.29, 0.717) is 15.6 Å². The van der Waals surface area contributed by atoms with E-state index in [9.17, 15) is 8.60 Å². The van der Waals surface area contributed by atoms with E-state index in [1.807, 2.05) is 6.92 Å². The molecule has 0 bridgehead atoms. The maximum absolute atomic E-state index is 13.6. The van der Waals surface area contributed by atoms with Gasteiger partial charge in [-0.3, -0.25) is 4.21 Å². The molecule has 1 unspecified atom stereocenters. The van der Waals surface area contributed by atoms with Crippen LogP contribution in [0.15, 0.2) is 41.3 Å². The largest absolute Gasteiger partial charge is 0.399 e. The maximum Gasteiger partial charge on any atom is 0.128 e. The molecule has 0 aliphatic rings. The van der Waals surface area contributed by atoms with Crippen molar-refractivity contribution in [2.24, 2.45) is 0 Å². The summed E-state index contributed by atoms with van der Waals surface area (Å²) in [6.07, 6.45) is 0. The number of nitrogens with two attached hydrogens (primary N) is 1. The first-order valence-electron chi connectivity index (χ1n) is 5.66. The molecule has 19 heavy (non-hydrogen) atoms. The van der Waals surface area contributed by atoms with Crippen molar-refractivity contribution >= 4 is 28.1 Å². The van der Waals surface area contributed by atoms with Crippen molar-refractivity contribution < 1.29 is 8.60 Å². The second kappa shape index (κ2) is 5.72. The van der Waals surface area contributed by atoms with Crippen LogP contribution in [0.2, 0.25) is 5.02 Å². The highest BCUT2D eigenvalue weighted by Gasteiger charge is 2.12. The van der Waals surface area contributed by atoms with Crippen LogP contribution in [-0.2, 0) is 16.6 Å². The second-order valence-corrected chi connectivity index (χ2v) is 6.07. The molecular weight excluding hydrogens is 285 g/mol. The second-order valence-electron chi connectivity index (χ2n) is 4.21. The van der Waals surface area contributed by atoms with Crippen LogP contribution in [0.3, 0.4) is 0 Å². The average Bonchev–Trinajstić information content (AvgIpc) is 2.37. The highest BCUT2D eigenvalue weighted by atomic mass is 35.5. The first kappa shape index (κ1) is 14.0. The van der Waals surface area contributed by atoms with Gasteiger partial charge in [0.15, 0.2) is 0 Å². The molecule has 2 rings (SSSR count). The van der Waals surface area contributed by atoms with E-state index in [4.69, 9.17) is 17.3 Å². The number of hydrogen-bond donors (Lipinski definition) is 1. The van der Waals surface area contributed by atoms with Gasteiger partial charge < -0.3 is 5.73 Å². The summed E-state index contributed by atoms with van der Waals surface area (Å²) >= 11 is 5.92. The monoisotopic (exact) mass is 297 g/mol. The first-order valence-corrected chi connectivity index (χ1v) is 7.36. The summed E-state index contributed by atoms with van der Waals surface area (Å²) in [5.41, 5.74) is 7.48. The fourth-order valence-electron chi connectivity index (χ4n) is 1.67. The Hall–Kier alpha value is -1.39. The highest BCUT2D eigenvalue weighted by molar-refractivity contribution is 7.84. The van der Waals surface area contributed by atoms with Gasteiger partial charge in [0.2, 0.25) is 0 Å². The molecule has 0 aliphatic carbocycles. The fourth-order valence-corrected chi connectivity index (χ4v) is 3.23. The standard InChI is InChI=1S/C14H13ClFNOS/c1-9-7-10(5-6-14(9)17)19(18)8-11-12(15)3-2-4-13(11)16/h2-7H,8,17H2,1H3. The minimum Gasteiger partial charge on any atom is -0.399 e. The van der Waals surface area contributed by atoms with Gasteiger partial charge in [-0.25, -0.2) is 4.39 Å². The summed E-state index contributed by atoms with van der Waals surface area (Å²) in [5, 5.41) is 0.292. The van der Waals surface area contributed by atoms with E-state index < -0.39 is 16.6 Å². The van der Waals surface area contributed by atoms with Crippen LogP contribution in [0, 0.1) is 12.7 Å². The smallest absolute Gasteiger partial charge is 0.128 e. The summed E-state index contributed by atoms with van der Waals surface area (Å²) in [4.78, 5) is 0.617. The number of aryl methyl sites for hydroxylation is 1. The number of anilines is 1. The van der Waals surface area contributed by atoms with Crippen molar-refractivity contribution in [3.05, 3.63) is 58.4 Å². The van der Waals surface area contributed by atoms with E-state index >= 15 is 0 Å². The van der Waals surface area contributed by atoms with Gasteiger partial charge in [0, 0.05) is 21.2 Å². The van der Waals surface area contributed by atoms with Gasteiger partial charge in [0.05, 0.1) is 16.6 Å². The van der Waals surface area contributed by atoms with Gasteiger partial charge >= 0.3 is 0 Å². The van der Waals surface area contributed by atoms with Gasteiger partial charge in [-0.1, -0.05) is 17.7 Å². The van der Waals surface area contributed by atoms with Gasteiger partial charge in [0.1, 0.15) is 5.82 Å². The summed E-state index contributed by atoms with van der Waals surface area (Å²) in [7, 11) is -1.35. The molecule has 0 saturated heterocycles. The highest BCUT2D eigenvalue weighted by Crippen LogP contribution is 2.24. The van der Waals surface area contributed by atoms with E-state index in [-0.39, 0.29) is 11.3 Å². The lowest BCUT2D eigenvalue weighted by Crippen LogP contribution is -2.01. The zero-order valence-corrected chi connectivity index (χ0v) is 11.9. The third-order valence-electron chi connectivity index (χ3n) is 2.84.